The summed E-state index contributed by atoms with van der Waals surface area (Å²) in [6.07, 6.45) is 0.966. The maximum absolute atomic E-state index is 12.9. The van der Waals surface area contributed by atoms with Crippen molar-refractivity contribution in [2.75, 3.05) is 0 Å². The monoisotopic (exact) mass is 256 g/mol. The van der Waals surface area contributed by atoms with E-state index >= 15 is 0 Å². The van der Waals surface area contributed by atoms with Gasteiger partial charge in [-0.05, 0) is 46.5 Å². The van der Waals surface area contributed by atoms with Gasteiger partial charge in [0.2, 0.25) is 0 Å². The lowest BCUT2D eigenvalue weighted by molar-refractivity contribution is 0.0962. The molecule has 0 spiro atoms. The largest absolute Gasteiger partial charge is 0.294 e. The SMILES string of the molecule is CC1CC1C(=O)c1ccc(F)c(Br)c1. The van der Waals surface area contributed by atoms with Crippen molar-refractivity contribution in [3.63, 3.8) is 0 Å². The first-order chi connectivity index (χ1) is 6.59. The van der Waals surface area contributed by atoms with Crippen LogP contribution >= 0.6 is 15.9 Å². The van der Waals surface area contributed by atoms with E-state index in [4.69, 9.17) is 0 Å². The van der Waals surface area contributed by atoms with E-state index in [0.29, 0.717) is 16.0 Å². The molecule has 1 aliphatic carbocycles. The third kappa shape index (κ3) is 1.73. The van der Waals surface area contributed by atoms with E-state index in [2.05, 4.69) is 22.9 Å². The van der Waals surface area contributed by atoms with E-state index in [1.54, 1.807) is 12.1 Å². The van der Waals surface area contributed by atoms with Crippen LogP contribution in [0.15, 0.2) is 22.7 Å². The molecule has 1 nitrogen and oxygen atoms in total. The Bertz CT molecular complexity index is 389. The van der Waals surface area contributed by atoms with Crippen molar-refractivity contribution >= 4 is 21.7 Å². The predicted molar refractivity (Wildman–Crippen MR) is 55.7 cm³/mol. The second-order valence-corrected chi connectivity index (χ2v) is 4.67. The minimum Gasteiger partial charge on any atom is -0.294 e. The Balaban J connectivity index is 2.24. The molecule has 0 heterocycles. The highest BCUT2D eigenvalue weighted by Crippen LogP contribution is 2.40. The summed E-state index contributed by atoms with van der Waals surface area (Å²) >= 11 is 3.07. The van der Waals surface area contributed by atoms with Gasteiger partial charge in [-0.3, -0.25) is 4.79 Å². The Labute approximate surface area is 90.4 Å². The summed E-state index contributed by atoms with van der Waals surface area (Å²) in [4.78, 5) is 11.7. The minimum absolute atomic E-state index is 0.137. The summed E-state index contributed by atoms with van der Waals surface area (Å²) in [6.45, 7) is 2.06. The molecule has 1 aromatic carbocycles. The molecular formula is C11H10BrFO. The maximum atomic E-state index is 12.9. The molecule has 14 heavy (non-hydrogen) atoms. The van der Waals surface area contributed by atoms with Gasteiger partial charge < -0.3 is 0 Å². The van der Waals surface area contributed by atoms with Crippen molar-refractivity contribution in [3.8, 4) is 0 Å². The normalized spacial score (nSPS) is 24.8. The van der Waals surface area contributed by atoms with E-state index in [0.717, 1.165) is 6.42 Å². The van der Waals surface area contributed by atoms with Crippen molar-refractivity contribution in [1.29, 1.82) is 0 Å². The van der Waals surface area contributed by atoms with E-state index in [1.807, 2.05) is 0 Å². The van der Waals surface area contributed by atoms with Crippen LogP contribution in [0.3, 0.4) is 0 Å². The molecule has 0 amide bonds. The van der Waals surface area contributed by atoms with Gasteiger partial charge in [-0.1, -0.05) is 6.92 Å². The molecule has 1 saturated carbocycles. The van der Waals surface area contributed by atoms with Gasteiger partial charge in [0, 0.05) is 11.5 Å². The first-order valence-electron chi connectivity index (χ1n) is 4.59. The summed E-state index contributed by atoms with van der Waals surface area (Å²) in [5, 5.41) is 0. The lowest BCUT2D eigenvalue weighted by Crippen LogP contribution is -2.02. The topological polar surface area (TPSA) is 17.1 Å². The number of rotatable bonds is 2. The fourth-order valence-corrected chi connectivity index (χ4v) is 1.93. The van der Waals surface area contributed by atoms with Gasteiger partial charge in [-0.15, -0.1) is 0 Å². The summed E-state index contributed by atoms with van der Waals surface area (Å²) in [6, 6.07) is 4.43. The number of ketones is 1. The lowest BCUT2D eigenvalue weighted by Gasteiger charge is -2.00. The molecule has 0 bridgehead atoms. The standard InChI is InChI=1S/C11H10BrFO/c1-6-4-8(6)11(14)7-2-3-10(13)9(12)5-7/h2-3,5-6,8H,4H2,1H3. The van der Waals surface area contributed by atoms with Gasteiger partial charge in [-0.2, -0.15) is 0 Å². The van der Waals surface area contributed by atoms with Crippen LogP contribution in [-0.4, -0.2) is 5.78 Å². The van der Waals surface area contributed by atoms with Gasteiger partial charge in [0.15, 0.2) is 5.78 Å². The first-order valence-corrected chi connectivity index (χ1v) is 5.38. The second kappa shape index (κ2) is 3.46. The fourth-order valence-electron chi connectivity index (χ4n) is 1.55. The summed E-state index contributed by atoms with van der Waals surface area (Å²) in [5.74, 6) is 0.460. The fraction of sp³-hybridized carbons (Fsp3) is 0.364. The second-order valence-electron chi connectivity index (χ2n) is 3.81. The predicted octanol–water partition coefficient (Wildman–Crippen LogP) is 3.43. The van der Waals surface area contributed by atoms with Crippen molar-refractivity contribution < 1.29 is 9.18 Å². The highest BCUT2D eigenvalue weighted by atomic mass is 79.9. The van der Waals surface area contributed by atoms with Crippen molar-refractivity contribution in [3.05, 3.63) is 34.1 Å². The summed E-state index contributed by atoms with van der Waals surface area (Å²) in [5.41, 5.74) is 0.604. The number of carbonyl (C=O) groups excluding carboxylic acids is 1. The lowest BCUT2D eigenvalue weighted by atomic mass is 10.1. The molecule has 1 aliphatic rings. The number of Topliss-reactive ketones (excluding diaryl/α,β-unsaturated/α-hetero) is 1. The maximum Gasteiger partial charge on any atom is 0.166 e. The van der Waals surface area contributed by atoms with Crippen LogP contribution in [0, 0.1) is 17.7 Å². The molecule has 0 radical (unpaired) electrons. The van der Waals surface area contributed by atoms with Gasteiger partial charge in [0.05, 0.1) is 4.47 Å². The van der Waals surface area contributed by atoms with Gasteiger partial charge in [0.25, 0.3) is 0 Å². The Morgan fingerprint density at radius 2 is 2.21 bits per heavy atom. The van der Waals surface area contributed by atoms with Crippen LogP contribution in [0.2, 0.25) is 0 Å². The van der Waals surface area contributed by atoms with Crippen LogP contribution in [-0.2, 0) is 0 Å². The molecule has 2 atom stereocenters. The number of benzene rings is 1. The van der Waals surface area contributed by atoms with Crippen LogP contribution in [0.1, 0.15) is 23.7 Å². The highest BCUT2D eigenvalue weighted by molar-refractivity contribution is 9.10. The highest BCUT2D eigenvalue weighted by Gasteiger charge is 2.39. The van der Waals surface area contributed by atoms with Crippen molar-refractivity contribution in [2.24, 2.45) is 11.8 Å². The van der Waals surface area contributed by atoms with E-state index in [1.165, 1.54) is 6.07 Å². The summed E-state index contributed by atoms with van der Waals surface area (Å²) < 4.78 is 13.3. The molecule has 74 valence electrons. The average Bonchev–Trinajstić information content (AvgIpc) is 2.86. The number of hydrogen-bond donors (Lipinski definition) is 0. The van der Waals surface area contributed by atoms with Crippen LogP contribution in [0.4, 0.5) is 4.39 Å². The van der Waals surface area contributed by atoms with Crippen molar-refractivity contribution in [1.82, 2.24) is 0 Å². The zero-order chi connectivity index (χ0) is 10.3. The van der Waals surface area contributed by atoms with E-state index in [-0.39, 0.29) is 17.5 Å². The van der Waals surface area contributed by atoms with Gasteiger partial charge in [-0.25, -0.2) is 4.39 Å². The quantitative estimate of drug-likeness (QED) is 0.742. The van der Waals surface area contributed by atoms with Gasteiger partial charge >= 0.3 is 0 Å². The molecule has 0 aliphatic heterocycles. The molecule has 1 aromatic rings. The molecule has 1 fully saturated rings. The molecule has 2 rings (SSSR count). The zero-order valence-corrected chi connectivity index (χ0v) is 9.34. The Kier molecular flexibility index (Phi) is 2.43. The molecule has 0 N–H and O–H groups in total. The van der Waals surface area contributed by atoms with Gasteiger partial charge in [0.1, 0.15) is 5.82 Å². The molecule has 2 unspecified atom stereocenters. The Morgan fingerprint density at radius 3 is 2.71 bits per heavy atom. The third-order valence-electron chi connectivity index (χ3n) is 2.65. The molecule has 0 aromatic heterocycles. The zero-order valence-electron chi connectivity index (χ0n) is 7.76. The number of halogens is 2. The van der Waals surface area contributed by atoms with E-state index < -0.39 is 0 Å². The average molecular weight is 257 g/mol. The van der Waals surface area contributed by atoms with Crippen molar-refractivity contribution in [2.45, 2.75) is 13.3 Å². The van der Waals surface area contributed by atoms with Crippen LogP contribution < -0.4 is 0 Å². The van der Waals surface area contributed by atoms with Crippen LogP contribution in [0.5, 0.6) is 0 Å². The molecule has 0 saturated heterocycles. The molecule has 3 heteroatoms. The summed E-state index contributed by atoms with van der Waals surface area (Å²) in [7, 11) is 0. The van der Waals surface area contributed by atoms with Crippen LogP contribution in [0.25, 0.3) is 0 Å². The number of carbonyl (C=O) groups is 1. The third-order valence-corrected chi connectivity index (χ3v) is 3.26. The first kappa shape index (κ1) is 9.84. The smallest absolute Gasteiger partial charge is 0.166 e. The molecular weight excluding hydrogens is 247 g/mol. The Hall–Kier alpha value is -0.700. The Morgan fingerprint density at radius 1 is 1.57 bits per heavy atom. The minimum atomic E-state index is -0.328. The number of hydrogen-bond acceptors (Lipinski definition) is 1. The van der Waals surface area contributed by atoms with E-state index in [9.17, 15) is 9.18 Å².